The average molecular weight is 657 g/mol. The highest BCUT2D eigenvalue weighted by atomic mass is 16.5. The Labute approximate surface area is 283 Å². The van der Waals surface area contributed by atoms with Gasteiger partial charge in [-0.1, -0.05) is 42.8 Å². The maximum Gasteiger partial charge on any atom is 0.222 e. The van der Waals surface area contributed by atoms with Gasteiger partial charge in [-0.2, -0.15) is 0 Å². The number of benzene rings is 2. The minimum atomic E-state index is -0.357. The molecule has 1 heterocycles. The highest BCUT2D eigenvalue weighted by molar-refractivity contribution is 5.83. The third kappa shape index (κ3) is 8.28. The zero-order valence-electron chi connectivity index (χ0n) is 28.6. The molecule has 256 valence electrons. The number of aryl methyl sites for hydroxylation is 1. The summed E-state index contributed by atoms with van der Waals surface area (Å²) < 4.78 is 17.2. The molecule has 1 aliphatic heterocycles. The number of rotatable bonds is 13. The molecule has 5 rings (SSSR count). The lowest BCUT2D eigenvalue weighted by atomic mass is 9.95. The second-order valence-corrected chi connectivity index (χ2v) is 12.5. The van der Waals surface area contributed by atoms with Crippen molar-refractivity contribution < 1.29 is 23.8 Å². The van der Waals surface area contributed by atoms with Crippen molar-refractivity contribution in [2.45, 2.75) is 58.0 Å². The number of fused-ring (bicyclic) bond motifs is 3. The number of hydrogen-bond acceptors (Lipinski definition) is 8. The Hall–Kier alpha value is -4.57. The summed E-state index contributed by atoms with van der Waals surface area (Å²) in [7, 11) is 4.74. The second-order valence-electron chi connectivity index (χ2n) is 12.5. The summed E-state index contributed by atoms with van der Waals surface area (Å²) in [6.45, 7) is 6.35. The number of amides is 2. The van der Waals surface area contributed by atoms with Crippen LogP contribution in [-0.2, 0) is 22.6 Å². The van der Waals surface area contributed by atoms with Crippen molar-refractivity contribution in [2.75, 3.05) is 59.4 Å². The van der Waals surface area contributed by atoms with Crippen molar-refractivity contribution in [3.63, 3.8) is 0 Å². The summed E-state index contributed by atoms with van der Waals surface area (Å²) in [4.78, 5) is 43.0. The monoisotopic (exact) mass is 656 g/mol. The van der Waals surface area contributed by atoms with E-state index in [9.17, 15) is 14.4 Å². The SMILES string of the molecule is COc1cc2c(c(OC)c1OC)-c1ccc(NCCCCCC(=O)N3CCN(Cc4ccccc4)CC3)c(=O)cc1[C@@H](NC(C)=O)CC2. The topological polar surface area (TPSA) is 109 Å². The number of unbranched alkanes of at least 4 members (excludes halogenated alkanes) is 2. The predicted octanol–water partition coefficient (Wildman–Crippen LogP) is 5.18. The molecule has 0 aromatic heterocycles. The molecule has 2 N–H and O–H groups in total. The van der Waals surface area contributed by atoms with Crippen molar-refractivity contribution >= 4 is 17.5 Å². The van der Waals surface area contributed by atoms with Gasteiger partial charge in [-0.15, -0.1) is 0 Å². The number of piperazine rings is 1. The van der Waals surface area contributed by atoms with Crippen molar-refractivity contribution in [1.29, 1.82) is 0 Å². The number of nitrogens with zero attached hydrogens (tertiary/aromatic N) is 2. The van der Waals surface area contributed by atoms with Gasteiger partial charge in [0, 0.05) is 58.2 Å². The number of hydrogen-bond donors (Lipinski definition) is 2. The molecule has 0 unspecified atom stereocenters. The van der Waals surface area contributed by atoms with Crippen LogP contribution in [-0.4, -0.2) is 75.7 Å². The van der Waals surface area contributed by atoms with Crippen LogP contribution in [0.3, 0.4) is 0 Å². The maximum atomic E-state index is 13.5. The Bertz CT molecular complexity index is 1640. The summed E-state index contributed by atoms with van der Waals surface area (Å²) in [6, 6.07) is 17.4. The van der Waals surface area contributed by atoms with Crippen LogP contribution in [0, 0.1) is 0 Å². The van der Waals surface area contributed by atoms with Crippen molar-refractivity contribution in [1.82, 2.24) is 15.1 Å². The van der Waals surface area contributed by atoms with E-state index in [0.717, 1.165) is 74.2 Å². The molecule has 0 saturated carbocycles. The number of methoxy groups -OCH3 is 3. The fraction of sp³-hybridized carbons (Fsp3) is 0.447. The Morgan fingerprint density at radius 1 is 0.875 bits per heavy atom. The Balaban J connectivity index is 1.20. The molecule has 1 saturated heterocycles. The van der Waals surface area contributed by atoms with Gasteiger partial charge in [0.05, 0.1) is 33.1 Å². The fourth-order valence-electron chi connectivity index (χ4n) is 6.81. The molecular weight excluding hydrogens is 608 g/mol. The molecule has 1 atom stereocenters. The predicted molar refractivity (Wildman–Crippen MR) is 188 cm³/mol. The molecule has 3 aromatic carbocycles. The third-order valence-corrected chi connectivity index (χ3v) is 9.27. The number of carbonyl (C=O) groups is 2. The number of ether oxygens (including phenoxy) is 3. The van der Waals surface area contributed by atoms with E-state index in [4.69, 9.17) is 14.2 Å². The smallest absolute Gasteiger partial charge is 0.222 e. The molecule has 0 bridgehead atoms. The molecule has 1 aliphatic carbocycles. The van der Waals surface area contributed by atoms with Crippen molar-refractivity contribution in [3.8, 4) is 28.4 Å². The summed E-state index contributed by atoms with van der Waals surface area (Å²) in [5.41, 5.74) is 4.95. The molecule has 10 heteroatoms. The fourth-order valence-corrected chi connectivity index (χ4v) is 6.81. The number of carbonyl (C=O) groups excluding carboxylic acids is 2. The molecule has 0 spiro atoms. The van der Waals surface area contributed by atoms with Gasteiger partial charge in [0.2, 0.25) is 23.0 Å². The maximum absolute atomic E-state index is 13.5. The summed E-state index contributed by atoms with van der Waals surface area (Å²) >= 11 is 0. The molecule has 3 aromatic rings. The summed E-state index contributed by atoms with van der Waals surface area (Å²) in [5, 5.41) is 6.36. The zero-order valence-corrected chi connectivity index (χ0v) is 28.6. The Morgan fingerprint density at radius 2 is 1.62 bits per heavy atom. The van der Waals surface area contributed by atoms with Gasteiger partial charge in [-0.3, -0.25) is 19.3 Å². The number of anilines is 1. The normalized spacial score (nSPS) is 15.8. The third-order valence-electron chi connectivity index (χ3n) is 9.27. The first-order valence-electron chi connectivity index (χ1n) is 16.9. The van der Waals surface area contributed by atoms with Gasteiger partial charge in [-0.05, 0) is 66.1 Å². The first-order chi connectivity index (χ1) is 23.3. The molecular formula is C38H48N4O6. The molecule has 0 radical (unpaired) electrons. The Kier molecular flexibility index (Phi) is 11.9. The van der Waals surface area contributed by atoms with Crippen molar-refractivity contribution in [3.05, 3.63) is 81.5 Å². The summed E-state index contributed by atoms with van der Waals surface area (Å²) in [5.74, 6) is 1.61. The molecule has 1 fully saturated rings. The standard InChI is InChI=1S/C38H48N4O6/c1-26(43)40-31-16-14-28-23-34(46-2)37(47-3)38(48-4)36(28)29-15-17-32(33(44)24-30(29)31)39-18-10-6-9-13-35(45)42-21-19-41(20-22-42)25-27-11-7-5-8-12-27/h5,7-8,11-12,15,17,23-24,31H,6,9-10,13-14,16,18-22,25H2,1-4H3,(H,39,44)(H,40,43)/t31-/m0/s1. The van der Waals surface area contributed by atoms with Crippen LogP contribution in [0.1, 0.15) is 61.8 Å². The highest BCUT2D eigenvalue weighted by Gasteiger charge is 2.29. The van der Waals surface area contributed by atoms with Gasteiger partial charge in [0.1, 0.15) is 0 Å². The first kappa shape index (κ1) is 34.8. The van der Waals surface area contributed by atoms with Crippen LogP contribution in [0.15, 0.2) is 59.4 Å². The van der Waals surface area contributed by atoms with Crippen molar-refractivity contribution in [2.24, 2.45) is 0 Å². The van der Waals surface area contributed by atoms with Crippen LogP contribution >= 0.6 is 0 Å². The largest absolute Gasteiger partial charge is 0.493 e. The minimum Gasteiger partial charge on any atom is -0.493 e. The van der Waals surface area contributed by atoms with E-state index >= 15 is 0 Å². The second kappa shape index (κ2) is 16.5. The van der Waals surface area contributed by atoms with Crippen LogP contribution < -0.4 is 30.3 Å². The average Bonchev–Trinajstić information content (AvgIpc) is 3.34. The number of nitrogens with one attached hydrogen (secondary N) is 2. The van der Waals surface area contributed by atoms with Crippen LogP contribution in [0.4, 0.5) is 5.69 Å². The van der Waals surface area contributed by atoms with E-state index in [1.54, 1.807) is 33.5 Å². The van der Waals surface area contributed by atoms with Gasteiger partial charge in [0.15, 0.2) is 11.5 Å². The van der Waals surface area contributed by atoms with E-state index < -0.39 is 0 Å². The highest BCUT2D eigenvalue weighted by Crippen LogP contribution is 2.50. The lowest BCUT2D eigenvalue weighted by Crippen LogP contribution is -2.48. The van der Waals surface area contributed by atoms with Gasteiger partial charge >= 0.3 is 0 Å². The van der Waals surface area contributed by atoms with E-state index in [1.807, 2.05) is 23.1 Å². The molecule has 48 heavy (non-hydrogen) atoms. The minimum absolute atomic E-state index is 0.156. The first-order valence-corrected chi connectivity index (χ1v) is 16.9. The van der Waals surface area contributed by atoms with E-state index in [0.29, 0.717) is 48.7 Å². The Morgan fingerprint density at radius 3 is 2.31 bits per heavy atom. The van der Waals surface area contributed by atoms with Crippen LogP contribution in [0.2, 0.25) is 0 Å². The lowest BCUT2D eigenvalue weighted by molar-refractivity contribution is -0.133. The quantitative estimate of drug-likeness (QED) is 0.243. The van der Waals surface area contributed by atoms with Gasteiger partial charge < -0.3 is 29.7 Å². The lowest BCUT2D eigenvalue weighted by Gasteiger charge is -2.34. The van der Waals surface area contributed by atoms with Gasteiger partial charge in [-0.25, -0.2) is 0 Å². The van der Waals surface area contributed by atoms with Gasteiger partial charge in [0.25, 0.3) is 0 Å². The van der Waals surface area contributed by atoms with E-state index in [-0.39, 0.29) is 23.3 Å². The molecule has 2 amide bonds. The van der Waals surface area contributed by atoms with E-state index in [2.05, 4.69) is 39.8 Å². The molecule has 2 aliphatic rings. The van der Waals surface area contributed by atoms with E-state index in [1.165, 1.54) is 12.5 Å². The molecule has 10 nitrogen and oxygen atoms in total. The summed E-state index contributed by atoms with van der Waals surface area (Å²) in [6.07, 6.45) is 4.31. The van der Waals surface area contributed by atoms with Crippen LogP contribution in [0.25, 0.3) is 11.1 Å². The van der Waals surface area contributed by atoms with Crippen LogP contribution in [0.5, 0.6) is 17.2 Å². The zero-order chi connectivity index (χ0) is 34.0.